The normalized spacial score (nSPS) is 10.8. The minimum atomic E-state index is -2.66. The quantitative estimate of drug-likeness (QED) is 0.454. The van der Waals surface area contributed by atoms with Crippen LogP contribution in [-0.2, 0) is 6.54 Å². The maximum atomic E-state index is 13.4. The number of nitrogens with zero attached hydrogens (tertiary/aromatic N) is 2. The fourth-order valence-corrected chi connectivity index (χ4v) is 2.83. The fraction of sp³-hybridized carbons (Fsp3) is 0.222. The van der Waals surface area contributed by atoms with Gasteiger partial charge >= 0.3 is 6.55 Å². The second-order valence-electron chi connectivity index (χ2n) is 5.42. The highest BCUT2D eigenvalue weighted by molar-refractivity contribution is 5.95. The van der Waals surface area contributed by atoms with Gasteiger partial charge in [0.05, 0.1) is 7.11 Å². The summed E-state index contributed by atoms with van der Waals surface area (Å²) in [6.07, 6.45) is 0. The first kappa shape index (κ1) is 19.1. The summed E-state index contributed by atoms with van der Waals surface area (Å²) in [4.78, 5) is 12.5. The molecule has 0 saturated carbocycles. The van der Waals surface area contributed by atoms with Crippen LogP contribution in [0.25, 0.3) is 11.0 Å². The van der Waals surface area contributed by atoms with Crippen molar-refractivity contribution in [2.24, 2.45) is 0 Å². The number of methoxy groups -OCH3 is 1. The van der Waals surface area contributed by atoms with E-state index in [9.17, 15) is 13.6 Å². The van der Waals surface area contributed by atoms with Crippen molar-refractivity contribution < 1.29 is 39.9 Å². The van der Waals surface area contributed by atoms with E-state index < -0.39 is 6.55 Å². The van der Waals surface area contributed by atoms with Crippen LogP contribution < -0.4 is 26.3 Å². The van der Waals surface area contributed by atoms with Crippen LogP contribution in [-0.4, -0.2) is 17.5 Å². The number of ketones is 1. The van der Waals surface area contributed by atoms with Crippen molar-refractivity contribution in [3.8, 4) is 5.75 Å². The molecular formula is C18H17BrF2N2O2. The number of ether oxygens (including phenoxy) is 1. The van der Waals surface area contributed by atoms with E-state index in [1.54, 1.807) is 67.1 Å². The minimum absolute atomic E-state index is 0. The molecule has 3 rings (SSSR count). The van der Waals surface area contributed by atoms with Gasteiger partial charge in [0.25, 0.3) is 5.82 Å². The van der Waals surface area contributed by atoms with Gasteiger partial charge in [0.2, 0.25) is 5.78 Å². The molecule has 4 nitrogen and oxygen atoms in total. The van der Waals surface area contributed by atoms with Crippen LogP contribution in [0, 0.1) is 6.92 Å². The zero-order chi connectivity index (χ0) is 17.3. The largest absolute Gasteiger partial charge is 1.00 e. The second kappa shape index (κ2) is 7.74. The molecule has 0 atom stereocenters. The predicted octanol–water partition coefficient (Wildman–Crippen LogP) is 0.528. The van der Waals surface area contributed by atoms with Gasteiger partial charge in [-0.1, -0.05) is 12.1 Å². The molecule has 7 heteroatoms. The Bertz CT molecular complexity index is 892. The fourth-order valence-electron chi connectivity index (χ4n) is 2.83. The molecule has 3 aromatic rings. The average molecular weight is 411 g/mol. The Morgan fingerprint density at radius 2 is 1.80 bits per heavy atom. The Balaban J connectivity index is 0.00000225. The number of fused-ring (bicyclic) bond motifs is 1. The summed E-state index contributed by atoms with van der Waals surface area (Å²) in [6.45, 7) is -1.07. The molecule has 0 aliphatic rings. The van der Waals surface area contributed by atoms with E-state index in [0.29, 0.717) is 28.2 Å². The molecule has 0 aliphatic carbocycles. The second-order valence-corrected chi connectivity index (χ2v) is 5.42. The van der Waals surface area contributed by atoms with E-state index in [-0.39, 0.29) is 29.3 Å². The number of alkyl halides is 2. The molecule has 0 radical (unpaired) electrons. The number of para-hydroxylation sites is 2. The minimum Gasteiger partial charge on any atom is -1.00 e. The van der Waals surface area contributed by atoms with Crippen molar-refractivity contribution in [1.82, 2.24) is 4.57 Å². The molecule has 0 amide bonds. The zero-order valence-electron chi connectivity index (χ0n) is 13.7. The number of hydrogen-bond acceptors (Lipinski definition) is 2. The number of halogens is 3. The number of rotatable bonds is 5. The van der Waals surface area contributed by atoms with Crippen molar-refractivity contribution in [2.45, 2.75) is 20.0 Å². The number of benzene rings is 2. The molecule has 1 aromatic heterocycles. The van der Waals surface area contributed by atoms with Gasteiger partial charge in [-0.15, -0.1) is 0 Å². The van der Waals surface area contributed by atoms with E-state index in [1.807, 2.05) is 0 Å². The molecule has 0 saturated heterocycles. The van der Waals surface area contributed by atoms with E-state index >= 15 is 0 Å². The van der Waals surface area contributed by atoms with Gasteiger partial charge in [-0.3, -0.25) is 4.79 Å². The Kier molecular flexibility index (Phi) is 5.89. The predicted molar refractivity (Wildman–Crippen MR) is 85.4 cm³/mol. The summed E-state index contributed by atoms with van der Waals surface area (Å²) in [5.74, 6) is 0.848. The lowest BCUT2D eigenvalue weighted by atomic mass is 10.1. The average Bonchev–Trinajstić information content (AvgIpc) is 2.87. The van der Waals surface area contributed by atoms with Crippen LogP contribution in [0.4, 0.5) is 8.78 Å². The first-order chi connectivity index (χ1) is 11.5. The van der Waals surface area contributed by atoms with Crippen LogP contribution in [0.15, 0.2) is 48.5 Å². The van der Waals surface area contributed by atoms with Gasteiger partial charge in [-0.2, -0.15) is 13.3 Å². The number of hydrogen-bond donors (Lipinski definition) is 0. The summed E-state index contributed by atoms with van der Waals surface area (Å²) in [5, 5.41) is 0. The lowest BCUT2D eigenvalue weighted by Gasteiger charge is -2.03. The Morgan fingerprint density at radius 3 is 2.40 bits per heavy atom. The highest BCUT2D eigenvalue weighted by Gasteiger charge is 2.28. The van der Waals surface area contributed by atoms with Gasteiger partial charge in [0.15, 0.2) is 17.6 Å². The van der Waals surface area contributed by atoms with Gasteiger partial charge in [-0.05, 0) is 36.4 Å². The van der Waals surface area contributed by atoms with Gasteiger partial charge in [-0.25, -0.2) is 4.57 Å². The van der Waals surface area contributed by atoms with Crippen LogP contribution in [0.2, 0.25) is 0 Å². The van der Waals surface area contributed by atoms with Crippen molar-refractivity contribution in [3.63, 3.8) is 0 Å². The van der Waals surface area contributed by atoms with E-state index in [2.05, 4.69) is 0 Å². The van der Waals surface area contributed by atoms with Crippen molar-refractivity contribution in [3.05, 3.63) is 59.9 Å². The highest BCUT2D eigenvalue weighted by atomic mass is 79.9. The smallest absolute Gasteiger partial charge is 0.387 e. The summed E-state index contributed by atoms with van der Waals surface area (Å²) < 4.78 is 34.4. The standard InChI is InChI=1S/C18H17F2N2O2.BrH/c1-12-21(11-17(23)13-7-9-14(24-2)10-8-13)15-5-3-4-6-16(15)22(12)18(19)20;/h3-10,18H,11H2,1-2H3;1H/q+1;/p-1. The third-order valence-corrected chi connectivity index (χ3v) is 4.08. The lowest BCUT2D eigenvalue weighted by Crippen LogP contribution is -3.00. The number of carbonyl (C=O) groups is 1. The monoisotopic (exact) mass is 410 g/mol. The van der Waals surface area contributed by atoms with Crippen LogP contribution >= 0.6 is 0 Å². The van der Waals surface area contributed by atoms with E-state index in [4.69, 9.17) is 4.74 Å². The number of carbonyl (C=O) groups excluding carboxylic acids is 1. The molecule has 1 heterocycles. The van der Waals surface area contributed by atoms with Gasteiger partial charge in [0, 0.05) is 12.5 Å². The third kappa shape index (κ3) is 3.56. The van der Waals surface area contributed by atoms with Gasteiger partial charge in [0.1, 0.15) is 5.75 Å². The molecule has 0 bridgehead atoms. The summed E-state index contributed by atoms with van der Waals surface area (Å²) in [5.41, 5.74) is 1.53. The number of aromatic nitrogens is 2. The third-order valence-electron chi connectivity index (χ3n) is 4.08. The molecule has 2 aromatic carbocycles. The molecule has 0 unspecified atom stereocenters. The van der Waals surface area contributed by atoms with Crippen molar-refractivity contribution >= 4 is 16.8 Å². The first-order valence-corrected chi connectivity index (χ1v) is 7.47. The Labute approximate surface area is 154 Å². The molecule has 132 valence electrons. The maximum Gasteiger partial charge on any atom is 0.387 e. The molecule has 0 spiro atoms. The van der Waals surface area contributed by atoms with Crippen LogP contribution in [0.1, 0.15) is 22.7 Å². The first-order valence-electron chi connectivity index (χ1n) is 7.47. The summed E-state index contributed by atoms with van der Waals surface area (Å²) >= 11 is 0. The summed E-state index contributed by atoms with van der Waals surface area (Å²) in [7, 11) is 1.55. The number of Topliss-reactive ketones (excluding diaryl/α,β-unsaturated/α-hetero) is 1. The molecule has 25 heavy (non-hydrogen) atoms. The van der Waals surface area contributed by atoms with E-state index in [0.717, 1.165) is 4.57 Å². The molecule has 0 N–H and O–H groups in total. The van der Waals surface area contributed by atoms with Crippen molar-refractivity contribution in [1.29, 1.82) is 0 Å². The van der Waals surface area contributed by atoms with Crippen molar-refractivity contribution in [2.75, 3.05) is 7.11 Å². The van der Waals surface area contributed by atoms with Crippen LogP contribution in [0.3, 0.4) is 0 Å². The SMILES string of the molecule is COc1ccc(C(=O)C[n+]2c(C)n(C(F)F)c3ccccc32)cc1.[Br-]. The van der Waals surface area contributed by atoms with Crippen LogP contribution in [0.5, 0.6) is 5.75 Å². The summed E-state index contributed by atoms with van der Waals surface area (Å²) in [6, 6.07) is 13.6. The maximum absolute atomic E-state index is 13.4. The molecule has 0 fully saturated rings. The Hall–Kier alpha value is -2.28. The number of imidazole rings is 1. The van der Waals surface area contributed by atoms with Gasteiger partial charge < -0.3 is 21.7 Å². The highest BCUT2D eigenvalue weighted by Crippen LogP contribution is 2.21. The zero-order valence-corrected chi connectivity index (χ0v) is 15.3. The molecule has 0 aliphatic heterocycles. The Morgan fingerprint density at radius 1 is 1.16 bits per heavy atom. The van der Waals surface area contributed by atoms with E-state index in [1.165, 1.54) is 0 Å². The molecular weight excluding hydrogens is 394 g/mol. The lowest BCUT2D eigenvalue weighted by molar-refractivity contribution is -0.664. The topological polar surface area (TPSA) is 35.1 Å².